The maximum atomic E-state index is 13.4. The van der Waals surface area contributed by atoms with E-state index in [1.807, 2.05) is 0 Å². The Labute approximate surface area is 257 Å². The van der Waals surface area contributed by atoms with E-state index < -0.39 is 63.4 Å². The second-order valence-corrected chi connectivity index (χ2v) is 12.7. The second-order valence-electron chi connectivity index (χ2n) is 9.35. The monoisotopic (exact) mass is 659 g/mol. The summed E-state index contributed by atoms with van der Waals surface area (Å²) in [6.07, 6.45) is -1.19. The molecule has 1 saturated heterocycles. The van der Waals surface area contributed by atoms with Gasteiger partial charge in [0.15, 0.2) is 10.8 Å². The molecule has 4 radical (unpaired) electrons. The van der Waals surface area contributed by atoms with Crippen LogP contribution in [0.3, 0.4) is 0 Å². The number of β-lactam (4-membered cyclic amide) rings is 1. The predicted molar refractivity (Wildman–Crippen MR) is 151 cm³/mol. The zero-order valence-electron chi connectivity index (χ0n) is 22.1. The molecule has 2 aliphatic rings. The molecule has 0 spiro atoms. The van der Waals surface area contributed by atoms with Crippen LogP contribution in [0.1, 0.15) is 32.9 Å². The van der Waals surface area contributed by atoms with Crippen molar-refractivity contribution in [2.75, 3.05) is 23.6 Å². The van der Waals surface area contributed by atoms with Gasteiger partial charge in [-0.3, -0.25) is 28.8 Å². The van der Waals surface area contributed by atoms with Gasteiger partial charge in [-0.25, -0.2) is 14.6 Å². The summed E-state index contributed by atoms with van der Waals surface area (Å²) in [6.45, 7) is 4.57. The maximum absolute atomic E-state index is 13.4. The molecular formula is C21H21B2Cl2N5O10S2. The van der Waals surface area contributed by atoms with Crippen LogP contribution in [0.15, 0.2) is 16.4 Å². The van der Waals surface area contributed by atoms with Crippen LogP contribution < -0.4 is 10.6 Å². The summed E-state index contributed by atoms with van der Waals surface area (Å²) in [5.41, 5.74) is -1.75. The van der Waals surface area contributed by atoms with Gasteiger partial charge in [-0.1, -0.05) is 28.1 Å². The zero-order chi connectivity index (χ0) is 31.4. The van der Waals surface area contributed by atoms with E-state index in [9.17, 15) is 28.2 Å². The fourth-order valence-corrected chi connectivity index (χ4v) is 6.64. The highest BCUT2D eigenvalue weighted by atomic mass is 35.5. The van der Waals surface area contributed by atoms with E-state index in [2.05, 4.69) is 30.1 Å². The predicted octanol–water partition coefficient (Wildman–Crippen LogP) is 0.416. The second kappa shape index (κ2) is 13.9. The van der Waals surface area contributed by atoms with Gasteiger partial charge in [0.2, 0.25) is 0 Å². The average Bonchev–Trinajstić information content (AvgIpc) is 3.27. The number of thiazole rings is 1. The topological polar surface area (TPSA) is 192 Å². The van der Waals surface area contributed by atoms with Gasteiger partial charge >= 0.3 is 28.2 Å². The van der Waals surface area contributed by atoms with Crippen LogP contribution in [0.25, 0.3) is 0 Å². The minimum absolute atomic E-state index is 0.0700. The number of rotatable bonds is 10. The minimum Gasteiger partial charge on any atom is -0.543 e. The number of anilines is 1. The van der Waals surface area contributed by atoms with Crippen molar-refractivity contribution in [1.82, 2.24) is 15.2 Å². The van der Waals surface area contributed by atoms with Gasteiger partial charge in [0, 0.05) is 5.88 Å². The van der Waals surface area contributed by atoms with Crippen molar-refractivity contribution in [3.63, 3.8) is 0 Å². The molecule has 0 bridgehead atoms. The van der Waals surface area contributed by atoms with Crippen LogP contribution in [0.4, 0.5) is 9.93 Å². The highest BCUT2D eigenvalue weighted by Crippen LogP contribution is 2.36. The van der Waals surface area contributed by atoms with Crippen molar-refractivity contribution in [3.05, 3.63) is 21.3 Å². The van der Waals surface area contributed by atoms with Gasteiger partial charge in [0.1, 0.15) is 39.4 Å². The number of oxime groups is 1. The van der Waals surface area contributed by atoms with Crippen LogP contribution >= 0.6 is 34.5 Å². The summed E-state index contributed by atoms with van der Waals surface area (Å²) < 4.78 is 26.2. The molecule has 21 heteroatoms. The Morgan fingerprint density at radius 2 is 1.93 bits per heavy atom. The number of ether oxygens (including phenoxy) is 1. The maximum Gasteiger partial charge on any atom is 0.413 e. The first kappa shape index (κ1) is 33.4. The number of alkyl halides is 1. The molecule has 3 amide bonds. The highest BCUT2D eigenvalue weighted by molar-refractivity contribution is 7.86. The number of carbonyl (C=O) groups excluding carboxylic acids is 5. The first-order valence-electron chi connectivity index (χ1n) is 11.7. The number of carbonyl (C=O) groups is 5. The van der Waals surface area contributed by atoms with Gasteiger partial charge in [0.25, 0.3) is 17.8 Å². The molecule has 0 aromatic carbocycles. The van der Waals surface area contributed by atoms with Gasteiger partial charge in [-0.2, -0.15) is 0 Å². The van der Waals surface area contributed by atoms with Crippen molar-refractivity contribution >= 4 is 102 Å². The number of nitrogens with one attached hydrogen (secondary N) is 2. The number of aromatic nitrogens is 1. The summed E-state index contributed by atoms with van der Waals surface area (Å²) in [5.74, 6) is -4.19. The van der Waals surface area contributed by atoms with Gasteiger partial charge in [0.05, 0.1) is 23.0 Å². The molecule has 0 aliphatic carbocycles. The number of halogens is 2. The van der Waals surface area contributed by atoms with Crippen LogP contribution in [0, 0.1) is 0 Å². The smallest absolute Gasteiger partial charge is 0.413 e. The van der Waals surface area contributed by atoms with E-state index in [0.717, 1.165) is 16.2 Å². The number of amides is 3. The molecule has 15 nitrogen and oxygen atoms in total. The lowest BCUT2D eigenvalue weighted by molar-refractivity contribution is -0.149. The third kappa shape index (κ3) is 7.62. The molecule has 3 heterocycles. The van der Waals surface area contributed by atoms with Crippen molar-refractivity contribution in [2.24, 2.45) is 5.16 Å². The largest absolute Gasteiger partial charge is 0.543 e. The lowest BCUT2D eigenvalue weighted by Gasteiger charge is -2.49. The zero-order valence-corrected chi connectivity index (χ0v) is 25.3. The Balaban J connectivity index is 1.87. The lowest BCUT2D eigenvalue weighted by Crippen LogP contribution is -2.74. The van der Waals surface area contributed by atoms with Crippen molar-refractivity contribution in [3.8, 4) is 0 Å². The number of hydrogen-bond donors (Lipinski definition) is 2. The van der Waals surface area contributed by atoms with E-state index in [1.165, 1.54) is 0 Å². The molecule has 1 aromatic rings. The standard InChI is InChI=1S/C21H21B2Cl2N5O10S2/c1-21(2,3)38-20(35)28-19-27-10(14(25)41-19)11(29-37-5-4-9(31)39-22)15(32)26-12-16(33)30-13(18(34)40-23)8(6-24)7-42(36)17(12)30/h12,17H,4-7H2,1-3H3,(H,26,32)(H,27,28,35)/b29-11-/t12-,17-,42?/m1/s1. The molecule has 2 aliphatic heterocycles. The van der Waals surface area contributed by atoms with Crippen LogP contribution in [0.2, 0.25) is 4.34 Å². The quantitative estimate of drug-likeness (QED) is 0.0883. The van der Waals surface area contributed by atoms with Crippen molar-refractivity contribution in [2.45, 2.75) is 44.2 Å². The van der Waals surface area contributed by atoms with E-state index in [1.54, 1.807) is 20.8 Å². The molecule has 42 heavy (non-hydrogen) atoms. The third-order valence-electron chi connectivity index (χ3n) is 5.27. The molecule has 3 atom stereocenters. The molecule has 1 aromatic heterocycles. The van der Waals surface area contributed by atoms with Crippen LogP contribution in [-0.2, 0) is 48.9 Å². The van der Waals surface area contributed by atoms with Gasteiger partial charge < -0.3 is 24.2 Å². The third-order valence-corrected chi connectivity index (χ3v) is 8.42. The lowest BCUT2D eigenvalue weighted by atomic mass is 10.0. The van der Waals surface area contributed by atoms with Gasteiger partial charge in [-0.15, -0.1) is 11.6 Å². The summed E-state index contributed by atoms with van der Waals surface area (Å²) >= 11 is 12.9. The number of fused-ring (bicyclic) bond motifs is 1. The van der Waals surface area contributed by atoms with Crippen LogP contribution in [-0.4, -0.2) is 101 Å². The Morgan fingerprint density at radius 1 is 1.24 bits per heavy atom. The molecule has 2 N–H and O–H groups in total. The van der Waals surface area contributed by atoms with E-state index >= 15 is 0 Å². The summed E-state index contributed by atoms with van der Waals surface area (Å²) in [5, 5.41) is 7.23. The SMILES string of the molecule is [B]OC(=O)CCO/N=C(\C(=O)N[C@@H]1C(=O)N2C(C(=O)O[B])=C(CCl)CS(=O)[C@H]12)c1nc(NC(=O)OC(C)(C)C)sc1Cl. The van der Waals surface area contributed by atoms with E-state index in [4.69, 9.17) is 48.9 Å². The molecular weight excluding hydrogens is 639 g/mol. The summed E-state index contributed by atoms with van der Waals surface area (Å²) in [4.78, 5) is 72.1. The van der Waals surface area contributed by atoms with Gasteiger partial charge in [-0.05, 0) is 26.3 Å². The fraction of sp³-hybridized carbons (Fsp3) is 0.476. The Morgan fingerprint density at radius 3 is 2.52 bits per heavy atom. The molecule has 1 fully saturated rings. The van der Waals surface area contributed by atoms with Crippen molar-refractivity contribution in [1.29, 1.82) is 0 Å². The normalized spacial score (nSPS) is 20.2. The average molecular weight is 660 g/mol. The Hall–Kier alpha value is -3.15. The van der Waals surface area contributed by atoms with Crippen molar-refractivity contribution < 1.29 is 47.1 Å². The first-order chi connectivity index (χ1) is 19.7. The summed E-state index contributed by atoms with van der Waals surface area (Å²) in [7, 11) is 7.98. The molecule has 0 saturated carbocycles. The van der Waals surface area contributed by atoms with Crippen LogP contribution in [0.5, 0.6) is 0 Å². The molecule has 1 unspecified atom stereocenters. The number of hydrogen-bond acceptors (Lipinski definition) is 13. The Kier molecular flexibility index (Phi) is 11.0. The fourth-order valence-electron chi connectivity index (χ4n) is 3.59. The highest BCUT2D eigenvalue weighted by Gasteiger charge is 2.57. The molecule has 3 rings (SSSR count). The Bertz CT molecular complexity index is 1380. The van der Waals surface area contributed by atoms with E-state index in [-0.39, 0.29) is 51.1 Å². The molecule has 222 valence electrons. The van der Waals surface area contributed by atoms with E-state index in [0.29, 0.717) is 0 Å². The minimum atomic E-state index is -1.79. The summed E-state index contributed by atoms with van der Waals surface area (Å²) in [6, 6.07) is -1.38. The first-order valence-corrected chi connectivity index (χ1v) is 14.8. The number of nitrogens with zero attached hydrogens (tertiary/aromatic N) is 3.